The van der Waals surface area contributed by atoms with E-state index >= 15 is 0 Å². The highest BCUT2D eigenvalue weighted by Gasteiger charge is 2.45. The third-order valence-corrected chi connectivity index (χ3v) is 5.85. The third kappa shape index (κ3) is 4.70. The molecule has 2 aliphatic rings. The molecule has 1 saturated carbocycles. The number of aliphatic hydroxyl groups excluding tert-OH is 3. The molecule has 1 aliphatic carbocycles. The number of aliphatic hydroxyl groups is 3. The number of rotatable bonds is 6. The molecule has 2 fully saturated rings. The molecular formula is C21H31N5O6. The fourth-order valence-electron chi connectivity index (χ4n) is 4.18. The van der Waals surface area contributed by atoms with Crippen molar-refractivity contribution in [1.29, 1.82) is 0 Å². The van der Waals surface area contributed by atoms with E-state index < -0.39 is 36.6 Å². The first-order valence-corrected chi connectivity index (χ1v) is 10.9. The predicted molar refractivity (Wildman–Crippen MR) is 114 cm³/mol. The Labute approximate surface area is 185 Å². The van der Waals surface area contributed by atoms with Gasteiger partial charge in [-0.15, -0.1) is 0 Å². The number of carbonyl (C=O) groups excluding carboxylic acids is 1. The number of fused-ring (bicyclic) bond motifs is 1. The smallest absolute Gasteiger partial charge is 0.306 e. The molecule has 0 radical (unpaired) electrons. The Hall–Kier alpha value is -2.34. The second-order valence-corrected chi connectivity index (χ2v) is 9.76. The molecule has 176 valence electrons. The summed E-state index contributed by atoms with van der Waals surface area (Å²) in [5.74, 6) is 0.0947. The lowest BCUT2D eigenvalue weighted by Gasteiger charge is -2.19. The van der Waals surface area contributed by atoms with Crippen molar-refractivity contribution in [2.24, 2.45) is 5.41 Å². The quantitative estimate of drug-likeness (QED) is 0.465. The molecule has 32 heavy (non-hydrogen) atoms. The maximum atomic E-state index is 12.0. The third-order valence-electron chi connectivity index (χ3n) is 5.85. The Balaban J connectivity index is 1.48. The molecule has 11 heteroatoms. The van der Waals surface area contributed by atoms with Crippen molar-refractivity contribution in [2.45, 2.75) is 83.1 Å². The molecule has 2 aromatic heterocycles. The summed E-state index contributed by atoms with van der Waals surface area (Å²) >= 11 is 0. The fraction of sp³-hybridized carbons (Fsp3) is 0.714. The first-order valence-electron chi connectivity index (χ1n) is 10.9. The van der Waals surface area contributed by atoms with Crippen LogP contribution in [0.2, 0.25) is 0 Å². The summed E-state index contributed by atoms with van der Waals surface area (Å²) in [6.07, 6.45) is 0.776. The van der Waals surface area contributed by atoms with Gasteiger partial charge in [0.15, 0.2) is 23.2 Å². The normalized spacial score (nSPS) is 30.7. The zero-order chi connectivity index (χ0) is 23.0. The van der Waals surface area contributed by atoms with Gasteiger partial charge in [-0.2, -0.15) is 0 Å². The molecule has 1 aliphatic heterocycles. The van der Waals surface area contributed by atoms with Gasteiger partial charge in [-0.25, -0.2) is 15.0 Å². The van der Waals surface area contributed by atoms with Crippen LogP contribution in [0.4, 0.5) is 5.82 Å². The fourth-order valence-corrected chi connectivity index (χ4v) is 4.18. The summed E-state index contributed by atoms with van der Waals surface area (Å²) in [6.45, 7) is 5.62. The Morgan fingerprint density at radius 3 is 2.69 bits per heavy atom. The number of imidazole rings is 1. The van der Waals surface area contributed by atoms with E-state index in [1.807, 2.05) is 20.8 Å². The average Bonchev–Trinajstić information content (AvgIpc) is 3.39. The molecule has 0 spiro atoms. The van der Waals surface area contributed by atoms with Crippen LogP contribution >= 0.6 is 0 Å². The molecule has 0 unspecified atom stereocenters. The minimum Gasteiger partial charge on any atom is -0.463 e. The van der Waals surface area contributed by atoms with Gasteiger partial charge in [-0.05, 0) is 24.7 Å². The monoisotopic (exact) mass is 449 g/mol. The van der Waals surface area contributed by atoms with Gasteiger partial charge in [0, 0.05) is 0 Å². The van der Waals surface area contributed by atoms with Gasteiger partial charge < -0.3 is 30.1 Å². The van der Waals surface area contributed by atoms with Crippen LogP contribution in [0.3, 0.4) is 0 Å². The summed E-state index contributed by atoms with van der Waals surface area (Å²) in [6, 6.07) is -0.111. The van der Waals surface area contributed by atoms with E-state index in [9.17, 15) is 20.1 Å². The summed E-state index contributed by atoms with van der Waals surface area (Å²) in [7, 11) is 0. The lowest BCUT2D eigenvalue weighted by atomic mass is 9.92. The molecular weight excluding hydrogens is 418 g/mol. The number of aromatic nitrogens is 4. The van der Waals surface area contributed by atoms with Gasteiger partial charge in [0.1, 0.15) is 31.2 Å². The second kappa shape index (κ2) is 8.89. The van der Waals surface area contributed by atoms with Crippen LogP contribution in [-0.4, -0.2) is 77.9 Å². The van der Waals surface area contributed by atoms with Crippen molar-refractivity contribution < 1.29 is 29.6 Å². The SMILES string of the molecule is CC(C)(C)CC(=O)OC[C@H]1O[C@@H](n2cnc3c(N[C@@H]4CCC[C@H]4O)ncnc32)[C@H](O)[C@H]1O. The molecule has 4 N–H and O–H groups in total. The maximum absolute atomic E-state index is 12.0. The Kier molecular flexibility index (Phi) is 6.35. The number of anilines is 1. The van der Waals surface area contributed by atoms with E-state index in [4.69, 9.17) is 9.47 Å². The van der Waals surface area contributed by atoms with Crippen LogP contribution in [-0.2, 0) is 14.3 Å². The van der Waals surface area contributed by atoms with Crippen molar-refractivity contribution in [3.05, 3.63) is 12.7 Å². The predicted octanol–water partition coefficient (Wildman–Crippen LogP) is 0.750. The highest BCUT2D eigenvalue weighted by atomic mass is 16.6. The highest BCUT2D eigenvalue weighted by molar-refractivity contribution is 5.82. The van der Waals surface area contributed by atoms with Crippen molar-refractivity contribution >= 4 is 23.0 Å². The summed E-state index contributed by atoms with van der Waals surface area (Å²) in [4.78, 5) is 24.9. The summed E-state index contributed by atoms with van der Waals surface area (Å²) < 4.78 is 12.6. The van der Waals surface area contributed by atoms with Crippen LogP contribution in [0.1, 0.15) is 52.7 Å². The van der Waals surface area contributed by atoms with Crippen LogP contribution in [0, 0.1) is 5.41 Å². The number of ether oxygens (including phenoxy) is 2. The Bertz CT molecular complexity index is 960. The molecule has 6 atom stereocenters. The molecule has 4 rings (SSSR count). The van der Waals surface area contributed by atoms with Crippen molar-refractivity contribution in [2.75, 3.05) is 11.9 Å². The van der Waals surface area contributed by atoms with Crippen molar-refractivity contribution in [3.63, 3.8) is 0 Å². The van der Waals surface area contributed by atoms with Gasteiger partial charge in [0.05, 0.1) is 24.9 Å². The standard InChI is InChI=1S/C21H31N5O6/c1-21(2,3)7-14(28)31-8-13-16(29)17(30)20(32-13)26-10-24-15-18(22-9-23-19(15)26)25-11-5-4-6-12(11)27/h9-13,16-17,20,27,29-30H,4-8H2,1-3H3,(H,22,23,25)/t11-,12-,13-,16+,17-,20-/m1/s1. The van der Waals surface area contributed by atoms with Crippen LogP contribution in [0.15, 0.2) is 12.7 Å². The molecule has 2 aromatic rings. The van der Waals surface area contributed by atoms with Gasteiger partial charge >= 0.3 is 5.97 Å². The van der Waals surface area contributed by atoms with E-state index in [2.05, 4.69) is 20.3 Å². The van der Waals surface area contributed by atoms with Crippen molar-refractivity contribution in [1.82, 2.24) is 19.5 Å². The van der Waals surface area contributed by atoms with Crippen LogP contribution in [0.25, 0.3) is 11.2 Å². The number of nitrogens with one attached hydrogen (secondary N) is 1. The lowest BCUT2D eigenvalue weighted by Crippen LogP contribution is -2.34. The molecule has 0 amide bonds. The molecule has 3 heterocycles. The van der Waals surface area contributed by atoms with Crippen molar-refractivity contribution in [3.8, 4) is 0 Å². The topological polar surface area (TPSA) is 152 Å². The number of hydrogen-bond donors (Lipinski definition) is 4. The molecule has 0 aromatic carbocycles. The minimum absolute atomic E-state index is 0.111. The van der Waals surface area contributed by atoms with Crippen LogP contribution in [0.5, 0.6) is 0 Å². The van der Waals surface area contributed by atoms with Gasteiger partial charge in [-0.1, -0.05) is 20.8 Å². The zero-order valence-electron chi connectivity index (χ0n) is 18.5. The number of esters is 1. The Morgan fingerprint density at radius 1 is 1.22 bits per heavy atom. The molecule has 0 bridgehead atoms. The first kappa shape index (κ1) is 22.8. The summed E-state index contributed by atoms with van der Waals surface area (Å²) in [5, 5.41) is 34.4. The molecule has 1 saturated heterocycles. The second-order valence-electron chi connectivity index (χ2n) is 9.76. The Morgan fingerprint density at radius 2 is 2.00 bits per heavy atom. The largest absolute Gasteiger partial charge is 0.463 e. The van der Waals surface area contributed by atoms with E-state index in [-0.39, 0.29) is 24.5 Å². The summed E-state index contributed by atoms with van der Waals surface area (Å²) in [5.41, 5.74) is 0.665. The first-order chi connectivity index (χ1) is 15.1. The van der Waals surface area contributed by atoms with Crippen LogP contribution < -0.4 is 5.32 Å². The maximum Gasteiger partial charge on any atom is 0.306 e. The lowest BCUT2D eigenvalue weighted by molar-refractivity contribution is -0.152. The van der Waals surface area contributed by atoms with E-state index in [0.29, 0.717) is 17.0 Å². The van der Waals surface area contributed by atoms with Gasteiger partial charge in [0.2, 0.25) is 0 Å². The van der Waals surface area contributed by atoms with E-state index in [1.54, 1.807) is 0 Å². The molecule has 11 nitrogen and oxygen atoms in total. The zero-order valence-corrected chi connectivity index (χ0v) is 18.5. The number of carbonyl (C=O) groups is 1. The average molecular weight is 450 g/mol. The van der Waals surface area contributed by atoms with Gasteiger partial charge in [-0.3, -0.25) is 9.36 Å². The number of hydrogen-bond acceptors (Lipinski definition) is 10. The van der Waals surface area contributed by atoms with E-state index in [1.165, 1.54) is 17.2 Å². The van der Waals surface area contributed by atoms with Gasteiger partial charge in [0.25, 0.3) is 0 Å². The number of nitrogens with zero attached hydrogens (tertiary/aromatic N) is 4. The minimum atomic E-state index is -1.26. The highest BCUT2D eigenvalue weighted by Crippen LogP contribution is 2.33. The van der Waals surface area contributed by atoms with E-state index in [0.717, 1.165) is 19.3 Å².